The largest absolute Gasteiger partial charge is 0.444 e. The third-order valence-electron chi connectivity index (χ3n) is 4.64. The molecule has 0 radical (unpaired) electrons. The zero-order valence-corrected chi connectivity index (χ0v) is 14.3. The fourth-order valence-electron chi connectivity index (χ4n) is 3.39. The van der Waals surface area contributed by atoms with Crippen molar-refractivity contribution in [1.82, 2.24) is 4.90 Å². The van der Waals surface area contributed by atoms with E-state index in [4.69, 9.17) is 9.47 Å². The van der Waals surface area contributed by atoms with Crippen LogP contribution >= 0.6 is 0 Å². The lowest BCUT2D eigenvalue weighted by Gasteiger charge is -2.42. The van der Waals surface area contributed by atoms with Crippen LogP contribution in [0, 0.1) is 11.8 Å². The number of carbonyl (C=O) groups is 2. The van der Waals surface area contributed by atoms with Crippen LogP contribution in [0.4, 0.5) is 4.79 Å². The highest BCUT2D eigenvalue weighted by molar-refractivity contribution is 5.83. The van der Waals surface area contributed by atoms with E-state index >= 15 is 0 Å². The third kappa shape index (κ3) is 4.22. The Balaban J connectivity index is 2.11. The predicted molar refractivity (Wildman–Crippen MR) is 83.7 cm³/mol. The molecule has 3 unspecified atom stereocenters. The average Bonchev–Trinajstić information content (AvgIpc) is 2.46. The zero-order valence-electron chi connectivity index (χ0n) is 14.3. The standard InChI is InChI=1S/C17H29NO4/c1-5-12-6-7-15(19)13(10-12)14-11-21-9-8-18(14)16(20)22-17(2,3)4/h12-14H,5-11H2,1-4H3. The molecule has 1 saturated heterocycles. The average molecular weight is 311 g/mol. The molecule has 0 spiro atoms. The summed E-state index contributed by atoms with van der Waals surface area (Å²) in [6, 6.07) is -0.176. The van der Waals surface area contributed by atoms with E-state index in [9.17, 15) is 9.59 Å². The van der Waals surface area contributed by atoms with Crippen molar-refractivity contribution < 1.29 is 19.1 Å². The fraction of sp³-hybridized carbons (Fsp3) is 0.882. The van der Waals surface area contributed by atoms with Gasteiger partial charge in [0.05, 0.1) is 19.3 Å². The van der Waals surface area contributed by atoms with Gasteiger partial charge in [0.2, 0.25) is 0 Å². The quantitative estimate of drug-likeness (QED) is 0.786. The number of hydrogen-bond acceptors (Lipinski definition) is 4. The first-order valence-electron chi connectivity index (χ1n) is 8.42. The number of carbonyl (C=O) groups excluding carboxylic acids is 2. The molecule has 0 N–H and O–H groups in total. The van der Waals surface area contributed by atoms with Gasteiger partial charge in [-0.05, 0) is 39.5 Å². The summed E-state index contributed by atoms with van der Waals surface area (Å²) in [6.07, 6.45) is 3.23. The summed E-state index contributed by atoms with van der Waals surface area (Å²) in [7, 11) is 0. The smallest absolute Gasteiger partial charge is 0.410 e. The molecule has 2 fully saturated rings. The number of amides is 1. The topological polar surface area (TPSA) is 55.8 Å². The van der Waals surface area contributed by atoms with Crippen LogP contribution in [0.2, 0.25) is 0 Å². The van der Waals surface area contributed by atoms with Crippen LogP contribution in [-0.4, -0.2) is 48.2 Å². The predicted octanol–water partition coefficient (Wildman–Crippen LogP) is 3.02. The van der Waals surface area contributed by atoms with E-state index in [1.807, 2.05) is 20.8 Å². The number of ether oxygens (including phenoxy) is 2. The fourth-order valence-corrected chi connectivity index (χ4v) is 3.39. The van der Waals surface area contributed by atoms with Gasteiger partial charge in [-0.3, -0.25) is 9.69 Å². The van der Waals surface area contributed by atoms with E-state index in [0.29, 0.717) is 32.1 Å². The summed E-state index contributed by atoms with van der Waals surface area (Å²) in [6.45, 7) is 9.19. The summed E-state index contributed by atoms with van der Waals surface area (Å²) >= 11 is 0. The molecule has 0 aromatic rings. The van der Waals surface area contributed by atoms with Gasteiger partial charge in [0, 0.05) is 18.9 Å². The van der Waals surface area contributed by atoms with Crippen LogP contribution in [0.25, 0.3) is 0 Å². The molecule has 5 nitrogen and oxygen atoms in total. The molecule has 1 aliphatic heterocycles. The van der Waals surface area contributed by atoms with Crippen molar-refractivity contribution in [1.29, 1.82) is 0 Å². The van der Waals surface area contributed by atoms with Gasteiger partial charge in [-0.15, -0.1) is 0 Å². The molecule has 22 heavy (non-hydrogen) atoms. The summed E-state index contributed by atoms with van der Waals surface area (Å²) in [5.41, 5.74) is -0.525. The second-order valence-corrected chi connectivity index (χ2v) is 7.44. The summed E-state index contributed by atoms with van der Waals surface area (Å²) in [5, 5.41) is 0. The minimum absolute atomic E-state index is 0.105. The molecule has 1 heterocycles. The maximum absolute atomic E-state index is 12.5. The maximum atomic E-state index is 12.5. The molecule has 0 bridgehead atoms. The van der Waals surface area contributed by atoms with E-state index in [1.54, 1.807) is 4.90 Å². The van der Waals surface area contributed by atoms with Gasteiger partial charge in [0.15, 0.2) is 0 Å². The molecule has 1 aliphatic carbocycles. The number of ketones is 1. The monoisotopic (exact) mass is 311 g/mol. The molecule has 3 atom stereocenters. The lowest BCUT2D eigenvalue weighted by atomic mass is 9.75. The second-order valence-electron chi connectivity index (χ2n) is 7.44. The number of morpholine rings is 1. The first kappa shape index (κ1) is 17.3. The Hall–Kier alpha value is -1.10. The van der Waals surface area contributed by atoms with Crippen molar-refractivity contribution in [3.63, 3.8) is 0 Å². The second kappa shape index (κ2) is 6.99. The van der Waals surface area contributed by atoms with E-state index in [2.05, 4.69) is 6.92 Å². The van der Waals surface area contributed by atoms with Gasteiger partial charge in [-0.1, -0.05) is 13.3 Å². The number of Topliss-reactive ketones (excluding diaryl/α,β-unsaturated/α-hetero) is 1. The van der Waals surface area contributed by atoms with Gasteiger partial charge >= 0.3 is 6.09 Å². The summed E-state index contributed by atoms with van der Waals surface area (Å²) in [4.78, 5) is 26.6. The van der Waals surface area contributed by atoms with Crippen molar-refractivity contribution >= 4 is 11.9 Å². The van der Waals surface area contributed by atoms with Crippen molar-refractivity contribution in [3.05, 3.63) is 0 Å². The lowest BCUT2D eigenvalue weighted by molar-refractivity contribution is -0.131. The van der Waals surface area contributed by atoms with E-state index in [0.717, 1.165) is 19.3 Å². The van der Waals surface area contributed by atoms with E-state index < -0.39 is 5.60 Å². The molecule has 126 valence electrons. The van der Waals surface area contributed by atoms with Crippen LogP contribution in [0.3, 0.4) is 0 Å². The molecular weight excluding hydrogens is 282 g/mol. The molecule has 1 amide bonds. The van der Waals surface area contributed by atoms with Gasteiger partial charge in [-0.2, -0.15) is 0 Å². The van der Waals surface area contributed by atoms with Crippen LogP contribution in [-0.2, 0) is 14.3 Å². The van der Waals surface area contributed by atoms with Crippen LogP contribution in [0.1, 0.15) is 53.4 Å². The Morgan fingerprint density at radius 2 is 2.14 bits per heavy atom. The molecule has 2 aliphatic rings. The van der Waals surface area contributed by atoms with E-state index in [-0.39, 0.29) is 23.8 Å². The van der Waals surface area contributed by atoms with Crippen molar-refractivity contribution in [3.8, 4) is 0 Å². The number of rotatable bonds is 2. The van der Waals surface area contributed by atoms with Gasteiger partial charge in [0.1, 0.15) is 11.4 Å². The van der Waals surface area contributed by atoms with Gasteiger partial charge < -0.3 is 9.47 Å². The van der Waals surface area contributed by atoms with Crippen molar-refractivity contribution in [2.24, 2.45) is 11.8 Å². The number of hydrogen-bond donors (Lipinski definition) is 0. The van der Waals surface area contributed by atoms with Crippen molar-refractivity contribution in [2.75, 3.05) is 19.8 Å². The SMILES string of the molecule is CCC1CCC(=O)C(C2COCCN2C(=O)OC(C)(C)C)C1. The van der Waals surface area contributed by atoms with E-state index in [1.165, 1.54) is 0 Å². The Kier molecular flexibility index (Phi) is 5.48. The van der Waals surface area contributed by atoms with Gasteiger partial charge in [-0.25, -0.2) is 4.79 Å². The molecule has 5 heteroatoms. The Bertz CT molecular complexity index is 415. The molecular formula is C17H29NO4. The summed E-state index contributed by atoms with van der Waals surface area (Å²) in [5.74, 6) is 0.741. The first-order valence-corrected chi connectivity index (χ1v) is 8.42. The van der Waals surface area contributed by atoms with Crippen LogP contribution < -0.4 is 0 Å². The molecule has 2 rings (SSSR count). The Morgan fingerprint density at radius 1 is 1.41 bits per heavy atom. The van der Waals surface area contributed by atoms with Gasteiger partial charge in [0.25, 0.3) is 0 Å². The number of nitrogens with zero attached hydrogens (tertiary/aromatic N) is 1. The summed E-state index contributed by atoms with van der Waals surface area (Å²) < 4.78 is 11.1. The highest BCUT2D eigenvalue weighted by Gasteiger charge is 2.41. The first-order chi connectivity index (χ1) is 10.3. The highest BCUT2D eigenvalue weighted by atomic mass is 16.6. The van der Waals surface area contributed by atoms with Crippen molar-refractivity contribution in [2.45, 2.75) is 65.0 Å². The van der Waals surface area contributed by atoms with Crippen LogP contribution in [0.15, 0.2) is 0 Å². The normalized spacial score (nSPS) is 30.3. The molecule has 1 saturated carbocycles. The minimum atomic E-state index is -0.525. The molecule has 0 aromatic heterocycles. The zero-order chi connectivity index (χ0) is 16.3. The van der Waals surface area contributed by atoms with Crippen LogP contribution in [0.5, 0.6) is 0 Å². The Morgan fingerprint density at radius 3 is 2.77 bits per heavy atom. The lowest BCUT2D eigenvalue weighted by Crippen LogP contribution is -2.55. The third-order valence-corrected chi connectivity index (χ3v) is 4.64. The highest BCUT2D eigenvalue weighted by Crippen LogP contribution is 2.33. The molecule has 0 aromatic carbocycles. The Labute approximate surface area is 133 Å². The minimum Gasteiger partial charge on any atom is -0.444 e. The maximum Gasteiger partial charge on any atom is 0.410 e.